The van der Waals surface area contributed by atoms with E-state index < -0.39 is 0 Å². The Morgan fingerprint density at radius 1 is 1.69 bits per heavy atom. The fourth-order valence-corrected chi connectivity index (χ4v) is 3.12. The summed E-state index contributed by atoms with van der Waals surface area (Å²) in [4.78, 5) is 6.65. The molecule has 0 amide bonds. The first-order chi connectivity index (χ1) is 7.63. The maximum atomic E-state index is 5.89. The molecule has 2 unspecified atom stereocenters. The standard InChI is InChI=1S/C11H15BrClN3/c1-7-2-3-16(10(7)5-14)11-9(12)4-8(13)6-15-11/h4,6-7,10H,2-3,5,14H2,1H3. The largest absolute Gasteiger partial charge is 0.351 e. The summed E-state index contributed by atoms with van der Waals surface area (Å²) in [5.41, 5.74) is 5.82. The van der Waals surface area contributed by atoms with Crippen LogP contribution in [0.2, 0.25) is 5.02 Å². The number of nitrogens with two attached hydrogens (primary N) is 1. The predicted molar refractivity (Wildman–Crippen MR) is 70.9 cm³/mol. The van der Waals surface area contributed by atoms with Gasteiger partial charge in [0.15, 0.2) is 0 Å². The van der Waals surface area contributed by atoms with Crippen molar-refractivity contribution >= 4 is 33.3 Å². The molecule has 3 nitrogen and oxygen atoms in total. The van der Waals surface area contributed by atoms with Gasteiger partial charge in [0, 0.05) is 25.3 Å². The maximum absolute atomic E-state index is 5.89. The molecule has 1 aromatic heterocycles. The zero-order chi connectivity index (χ0) is 11.7. The second-order valence-electron chi connectivity index (χ2n) is 4.22. The number of anilines is 1. The van der Waals surface area contributed by atoms with E-state index in [2.05, 4.69) is 32.7 Å². The van der Waals surface area contributed by atoms with E-state index in [0.717, 1.165) is 16.8 Å². The number of hydrogen-bond acceptors (Lipinski definition) is 3. The van der Waals surface area contributed by atoms with Crippen LogP contribution in [0.4, 0.5) is 5.82 Å². The van der Waals surface area contributed by atoms with Crippen LogP contribution in [0.5, 0.6) is 0 Å². The Morgan fingerprint density at radius 3 is 3.06 bits per heavy atom. The van der Waals surface area contributed by atoms with E-state index >= 15 is 0 Å². The molecule has 0 radical (unpaired) electrons. The Kier molecular flexibility index (Phi) is 3.72. The van der Waals surface area contributed by atoms with Crippen molar-refractivity contribution < 1.29 is 0 Å². The minimum Gasteiger partial charge on any atom is -0.351 e. The van der Waals surface area contributed by atoms with Crippen LogP contribution in [-0.4, -0.2) is 24.1 Å². The molecule has 2 atom stereocenters. The summed E-state index contributed by atoms with van der Waals surface area (Å²) in [6.07, 6.45) is 2.84. The van der Waals surface area contributed by atoms with Crippen molar-refractivity contribution in [3.8, 4) is 0 Å². The zero-order valence-corrected chi connectivity index (χ0v) is 11.5. The molecule has 1 aliphatic rings. The van der Waals surface area contributed by atoms with Crippen molar-refractivity contribution in [3.05, 3.63) is 21.8 Å². The zero-order valence-electron chi connectivity index (χ0n) is 9.16. The number of aromatic nitrogens is 1. The van der Waals surface area contributed by atoms with E-state index in [1.165, 1.54) is 6.42 Å². The third-order valence-electron chi connectivity index (χ3n) is 3.18. The summed E-state index contributed by atoms with van der Waals surface area (Å²) >= 11 is 9.39. The quantitative estimate of drug-likeness (QED) is 0.913. The van der Waals surface area contributed by atoms with Gasteiger partial charge in [-0.3, -0.25) is 0 Å². The van der Waals surface area contributed by atoms with Gasteiger partial charge in [0.1, 0.15) is 5.82 Å². The number of nitrogens with zero attached hydrogens (tertiary/aromatic N) is 2. The van der Waals surface area contributed by atoms with Gasteiger partial charge in [-0.05, 0) is 34.3 Å². The lowest BCUT2D eigenvalue weighted by molar-refractivity contribution is 0.517. The molecule has 2 heterocycles. The third kappa shape index (κ3) is 2.19. The van der Waals surface area contributed by atoms with Crippen molar-refractivity contribution in [2.24, 2.45) is 11.7 Å². The molecule has 1 saturated heterocycles. The molecular weight excluding hydrogens is 289 g/mol. The summed E-state index contributed by atoms with van der Waals surface area (Å²) < 4.78 is 0.938. The van der Waals surface area contributed by atoms with Gasteiger partial charge < -0.3 is 10.6 Å². The predicted octanol–water partition coefficient (Wildman–Crippen LogP) is 2.67. The lowest BCUT2D eigenvalue weighted by Crippen LogP contribution is -2.39. The van der Waals surface area contributed by atoms with E-state index in [1.54, 1.807) is 6.20 Å². The molecule has 1 aliphatic heterocycles. The van der Waals surface area contributed by atoms with E-state index in [-0.39, 0.29) is 0 Å². The number of halogens is 2. The van der Waals surface area contributed by atoms with E-state index in [1.807, 2.05) is 6.07 Å². The number of pyridine rings is 1. The molecule has 88 valence electrons. The van der Waals surface area contributed by atoms with Gasteiger partial charge in [0.2, 0.25) is 0 Å². The summed E-state index contributed by atoms with van der Waals surface area (Å²) in [5, 5.41) is 0.646. The highest BCUT2D eigenvalue weighted by Gasteiger charge is 2.31. The van der Waals surface area contributed by atoms with E-state index in [9.17, 15) is 0 Å². The highest BCUT2D eigenvalue weighted by Crippen LogP contribution is 2.33. The van der Waals surface area contributed by atoms with Gasteiger partial charge in [0.05, 0.1) is 9.50 Å². The Hall–Kier alpha value is -0.320. The lowest BCUT2D eigenvalue weighted by Gasteiger charge is -2.27. The van der Waals surface area contributed by atoms with Crippen molar-refractivity contribution in [2.45, 2.75) is 19.4 Å². The Morgan fingerprint density at radius 2 is 2.44 bits per heavy atom. The first-order valence-corrected chi connectivity index (χ1v) is 6.58. The molecule has 0 spiro atoms. The molecule has 16 heavy (non-hydrogen) atoms. The van der Waals surface area contributed by atoms with Gasteiger partial charge in [0.25, 0.3) is 0 Å². The van der Waals surface area contributed by atoms with Gasteiger partial charge in [-0.25, -0.2) is 4.98 Å². The average molecular weight is 305 g/mol. The van der Waals surface area contributed by atoms with Crippen LogP contribution >= 0.6 is 27.5 Å². The summed E-state index contributed by atoms with van der Waals surface area (Å²) in [7, 11) is 0. The molecule has 0 aromatic carbocycles. The summed E-state index contributed by atoms with van der Waals surface area (Å²) in [6.45, 7) is 3.91. The van der Waals surface area contributed by atoms with E-state index in [4.69, 9.17) is 17.3 Å². The van der Waals surface area contributed by atoms with Crippen LogP contribution < -0.4 is 10.6 Å². The van der Waals surface area contributed by atoms with Crippen molar-refractivity contribution in [2.75, 3.05) is 18.0 Å². The Labute approximate surface area is 109 Å². The molecule has 0 bridgehead atoms. The second kappa shape index (κ2) is 4.90. The fraction of sp³-hybridized carbons (Fsp3) is 0.545. The first kappa shape index (κ1) is 12.1. The molecule has 2 N–H and O–H groups in total. The molecule has 1 fully saturated rings. The fourth-order valence-electron chi connectivity index (χ4n) is 2.25. The Balaban J connectivity index is 2.30. The first-order valence-electron chi connectivity index (χ1n) is 5.41. The minimum atomic E-state index is 0.380. The smallest absolute Gasteiger partial charge is 0.143 e. The highest BCUT2D eigenvalue weighted by molar-refractivity contribution is 9.10. The number of rotatable bonds is 2. The van der Waals surface area contributed by atoms with Crippen LogP contribution in [0.25, 0.3) is 0 Å². The molecule has 5 heteroatoms. The summed E-state index contributed by atoms with van der Waals surface area (Å²) in [6, 6.07) is 2.26. The minimum absolute atomic E-state index is 0.380. The molecule has 1 aromatic rings. The van der Waals surface area contributed by atoms with Gasteiger partial charge >= 0.3 is 0 Å². The van der Waals surface area contributed by atoms with E-state index in [0.29, 0.717) is 23.5 Å². The lowest BCUT2D eigenvalue weighted by atomic mass is 10.0. The van der Waals surface area contributed by atoms with Crippen LogP contribution in [0, 0.1) is 5.92 Å². The van der Waals surface area contributed by atoms with Crippen molar-refractivity contribution in [1.29, 1.82) is 0 Å². The van der Waals surface area contributed by atoms with Gasteiger partial charge in [-0.15, -0.1) is 0 Å². The van der Waals surface area contributed by atoms with Crippen LogP contribution in [-0.2, 0) is 0 Å². The SMILES string of the molecule is CC1CCN(c2ncc(Cl)cc2Br)C1CN. The molecular formula is C11H15BrClN3. The molecule has 0 saturated carbocycles. The van der Waals surface area contributed by atoms with Crippen LogP contribution in [0.1, 0.15) is 13.3 Å². The second-order valence-corrected chi connectivity index (χ2v) is 5.51. The normalized spacial score (nSPS) is 25.1. The monoisotopic (exact) mass is 303 g/mol. The van der Waals surface area contributed by atoms with Crippen LogP contribution in [0.15, 0.2) is 16.7 Å². The van der Waals surface area contributed by atoms with Gasteiger partial charge in [-0.2, -0.15) is 0 Å². The van der Waals surface area contributed by atoms with Gasteiger partial charge in [-0.1, -0.05) is 18.5 Å². The van der Waals surface area contributed by atoms with Crippen molar-refractivity contribution in [3.63, 3.8) is 0 Å². The highest BCUT2D eigenvalue weighted by atomic mass is 79.9. The average Bonchev–Trinajstić information content (AvgIpc) is 2.59. The summed E-state index contributed by atoms with van der Waals surface area (Å²) in [5.74, 6) is 1.57. The van der Waals surface area contributed by atoms with Crippen molar-refractivity contribution in [1.82, 2.24) is 4.98 Å². The topological polar surface area (TPSA) is 42.2 Å². The third-order valence-corrected chi connectivity index (χ3v) is 3.97. The molecule has 0 aliphatic carbocycles. The Bertz CT molecular complexity index is 385. The number of hydrogen-bond donors (Lipinski definition) is 1. The van der Waals surface area contributed by atoms with Crippen LogP contribution in [0.3, 0.4) is 0 Å². The maximum Gasteiger partial charge on any atom is 0.143 e. The molecule has 2 rings (SSSR count).